The fourth-order valence-corrected chi connectivity index (χ4v) is 3.06. The fourth-order valence-electron chi connectivity index (χ4n) is 3.06. The number of amides is 2. The number of aromatic amines is 1. The highest BCUT2D eigenvalue weighted by atomic mass is 16.2. The number of piperazine rings is 1. The van der Waals surface area contributed by atoms with Crippen LogP contribution in [0.5, 0.6) is 0 Å². The summed E-state index contributed by atoms with van der Waals surface area (Å²) in [4.78, 5) is 31.7. The Kier molecular flexibility index (Phi) is 4.37. The van der Waals surface area contributed by atoms with Crippen LogP contribution in [0.4, 0.5) is 0 Å². The van der Waals surface area contributed by atoms with Gasteiger partial charge in [0.2, 0.25) is 5.91 Å². The highest BCUT2D eigenvalue weighted by Gasteiger charge is 2.26. The Morgan fingerprint density at radius 3 is 2.43 bits per heavy atom. The van der Waals surface area contributed by atoms with E-state index in [1.54, 1.807) is 6.20 Å². The largest absolute Gasteiger partial charge is 0.360 e. The number of nitrogens with zero attached hydrogens (tertiary/aromatic N) is 2. The van der Waals surface area contributed by atoms with Gasteiger partial charge in [-0.15, -0.1) is 0 Å². The second-order valence-electron chi connectivity index (χ2n) is 6.52. The number of hydrogen-bond acceptors (Lipinski definition) is 2. The summed E-state index contributed by atoms with van der Waals surface area (Å²) in [6.45, 7) is 6.55. The number of carbonyl (C=O) groups excluding carboxylic acids is 2. The molecule has 0 aliphatic carbocycles. The van der Waals surface area contributed by atoms with Gasteiger partial charge in [-0.25, -0.2) is 0 Å². The monoisotopic (exact) mass is 313 g/mol. The van der Waals surface area contributed by atoms with Crippen molar-refractivity contribution in [2.75, 3.05) is 26.2 Å². The molecule has 0 saturated carbocycles. The number of fused-ring (bicyclic) bond motifs is 1. The summed E-state index contributed by atoms with van der Waals surface area (Å²) in [7, 11) is 0. The summed E-state index contributed by atoms with van der Waals surface area (Å²) >= 11 is 0. The highest BCUT2D eigenvalue weighted by Crippen LogP contribution is 2.20. The molecule has 23 heavy (non-hydrogen) atoms. The van der Waals surface area contributed by atoms with Crippen LogP contribution >= 0.6 is 0 Å². The summed E-state index contributed by atoms with van der Waals surface area (Å²) in [5.74, 6) is 0.603. The van der Waals surface area contributed by atoms with Crippen molar-refractivity contribution in [1.29, 1.82) is 0 Å². The molecule has 1 aromatic heterocycles. The van der Waals surface area contributed by atoms with Crippen LogP contribution in [-0.4, -0.2) is 52.8 Å². The Labute approximate surface area is 136 Å². The predicted molar refractivity (Wildman–Crippen MR) is 90.2 cm³/mol. The van der Waals surface area contributed by atoms with E-state index in [2.05, 4.69) is 18.8 Å². The van der Waals surface area contributed by atoms with Crippen LogP contribution in [-0.2, 0) is 4.79 Å². The molecule has 5 nitrogen and oxygen atoms in total. The number of hydrogen-bond donors (Lipinski definition) is 1. The minimum atomic E-state index is 0.0402. The van der Waals surface area contributed by atoms with E-state index in [1.807, 2.05) is 34.1 Å². The topological polar surface area (TPSA) is 56.4 Å². The molecule has 122 valence electrons. The molecule has 3 rings (SSSR count). The SMILES string of the molecule is CC(C)CC(=O)N1CCN(C(=O)c2c[nH]c3ccccc23)CC1. The molecule has 5 heteroatoms. The van der Waals surface area contributed by atoms with Gasteiger partial charge in [-0.2, -0.15) is 0 Å². The van der Waals surface area contributed by atoms with Gasteiger partial charge in [-0.05, 0) is 12.0 Å². The Hall–Kier alpha value is -2.30. The molecule has 0 spiro atoms. The average molecular weight is 313 g/mol. The smallest absolute Gasteiger partial charge is 0.256 e. The number of nitrogens with one attached hydrogen (secondary N) is 1. The van der Waals surface area contributed by atoms with E-state index in [-0.39, 0.29) is 11.8 Å². The lowest BCUT2D eigenvalue weighted by Gasteiger charge is -2.35. The van der Waals surface area contributed by atoms with Crippen LogP contribution in [0.25, 0.3) is 10.9 Å². The van der Waals surface area contributed by atoms with Crippen LogP contribution < -0.4 is 0 Å². The molecular weight excluding hydrogens is 290 g/mol. The second-order valence-corrected chi connectivity index (χ2v) is 6.52. The minimum absolute atomic E-state index is 0.0402. The molecule has 0 atom stereocenters. The fraction of sp³-hybridized carbons (Fsp3) is 0.444. The molecule has 1 saturated heterocycles. The molecule has 1 aliphatic heterocycles. The molecule has 1 fully saturated rings. The van der Waals surface area contributed by atoms with Crippen molar-refractivity contribution >= 4 is 22.7 Å². The average Bonchev–Trinajstić information content (AvgIpc) is 2.97. The maximum absolute atomic E-state index is 12.7. The van der Waals surface area contributed by atoms with Gasteiger partial charge in [-0.1, -0.05) is 32.0 Å². The lowest BCUT2D eigenvalue weighted by atomic mass is 10.1. The number of benzene rings is 1. The van der Waals surface area contributed by atoms with Gasteiger partial charge in [0, 0.05) is 49.7 Å². The molecule has 1 aromatic carbocycles. The van der Waals surface area contributed by atoms with Crippen molar-refractivity contribution in [3.63, 3.8) is 0 Å². The lowest BCUT2D eigenvalue weighted by molar-refractivity contribution is -0.133. The number of rotatable bonds is 3. The molecule has 1 N–H and O–H groups in total. The van der Waals surface area contributed by atoms with Gasteiger partial charge in [0.05, 0.1) is 5.56 Å². The third-order valence-electron chi connectivity index (χ3n) is 4.32. The standard InChI is InChI=1S/C18H23N3O2/c1-13(2)11-17(22)20-7-9-21(10-8-20)18(23)15-12-19-16-6-4-3-5-14(15)16/h3-6,12-13,19H,7-11H2,1-2H3. The molecule has 2 amide bonds. The van der Waals surface area contributed by atoms with Gasteiger partial charge >= 0.3 is 0 Å². The third kappa shape index (κ3) is 3.23. The van der Waals surface area contributed by atoms with Gasteiger partial charge in [0.1, 0.15) is 0 Å². The van der Waals surface area contributed by atoms with Crippen LogP contribution in [0, 0.1) is 5.92 Å². The minimum Gasteiger partial charge on any atom is -0.360 e. The van der Waals surface area contributed by atoms with Crippen LogP contribution in [0.2, 0.25) is 0 Å². The number of carbonyl (C=O) groups is 2. The lowest BCUT2D eigenvalue weighted by Crippen LogP contribution is -2.50. The molecule has 0 bridgehead atoms. The Morgan fingerprint density at radius 2 is 1.74 bits per heavy atom. The van der Waals surface area contributed by atoms with Gasteiger partial charge < -0.3 is 14.8 Å². The summed E-state index contributed by atoms with van der Waals surface area (Å²) in [6, 6.07) is 7.82. The predicted octanol–water partition coefficient (Wildman–Crippen LogP) is 2.50. The second kappa shape index (κ2) is 6.44. The van der Waals surface area contributed by atoms with Gasteiger partial charge in [0.25, 0.3) is 5.91 Å². The first-order valence-corrected chi connectivity index (χ1v) is 8.19. The van der Waals surface area contributed by atoms with E-state index in [0.717, 1.165) is 10.9 Å². The van der Waals surface area contributed by atoms with Crippen LogP contribution in [0.3, 0.4) is 0 Å². The summed E-state index contributed by atoms with van der Waals surface area (Å²) in [5, 5.41) is 0.954. The molecular formula is C18H23N3O2. The molecule has 0 unspecified atom stereocenters. The maximum Gasteiger partial charge on any atom is 0.256 e. The summed E-state index contributed by atoms with van der Waals surface area (Å²) < 4.78 is 0. The quantitative estimate of drug-likeness (QED) is 0.946. The van der Waals surface area contributed by atoms with Crippen molar-refractivity contribution in [2.45, 2.75) is 20.3 Å². The highest BCUT2D eigenvalue weighted by molar-refractivity contribution is 6.06. The van der Waals surface area contributed by atoms with E-state index in [1.165, 1.54) is 0 Å². The van der Waals surface area contributed by atoms with Crippen molar-refractivity contribution < 1.29 is 9.59 Å². The number of aromatic nitrogens is 1. The summed E-state index contributed by atoms with van der Waals surface area (Å²) in [6.07, 6.45) is 2.36. The van der Waals surface area contributed by atoms with E-state index >= 15 is 0 Å². The van der Waals surface area contributed by atoms with Crippen molar-refractivity contribution in [3.05, 3.63) is 36.0 Å². The Balaban J connectivity index is 1.66. The molecule has 0 radical (unpaired) electrons. The van der Waals surface area contributed by atoms with E-state index in [0.29, 0.717) is 44.1 Å². The first-order chi connectivity index (χ1) is 11.1. The van der Waals surface area contributed by atoms with Crippen molar-refractivity contribution in [1.82, 2.24) is 14.8 Å². The zero-order chi connectivity index (χ0) is 16.4. The molecule has 2 heterocycles. The number of para-hydroxylation sites is 1. The van der Waals surface area contributed by atoms with Crippen LogP contribution in [0.15, 0.2) is 30.5 Å². The molecule has 2 aromatic rings. The van der Waals surface area contributed by atoms with E-state index in [4.69, 9.17) is 0 Å². The maximum atomic E-state index is 12.7. The van der Waals surface area contributed by atoms with Gasteiger partial charge in [0.15, 0.2) is 0 Å². The Morgan fingerprint density at radius 1 is 1.09 bits per heavy atom. The normalized spacial score (nSPS) is 15.4. The number of H-pyrrole nitrogens is 1. The zero-order valence-corrected chi connectivity index (χ0v) is 13.7. The zero-order valence-electron chi connectivity index (χ0n) is 13.7. The third-order valence-corrected chi connectivity index (χ3v) is 4.32. The van der Waals surface area contributed by atoms with Crippen molar-refractivity contribution in [3.8, 4) is 0 Å². The summed E-state index contributed by atoms with van der Waals surface area (Å²) in [5.41, 5.74) is 1.68. The first-order valence-electron chi connectivity index (χ1n) is 8.19. The van der Waals surface area contributed by atoms with E-state index < -0.39 is 0 Å². The van der Waals surface area contributed by atoms with Crippen LogP contribution in [0.1, 0.15) is 30.6 Å². The van der Waals surface area contributed by atoms with Gasteiger partial charge in [-0.3, -0.25) is 9.59 Å². The van der Waals surface area contributed by atoms with E-state index in [9.17, 15) is 9.59 Å². The first kappa shape index (κ1) is 15.6. The molecule has 1 aliphatic rings. The Bertz CT molecular complexity index is 712. The van der Waals surface area contributed by atoms with Crippen molar-refractivity contribution in [2.24, 2.45) is 5.92 Å².